The summed E-state index contributed by atoms with van der Waals surface area (Å²) in [5.74, 6) is 1.37. The summed E-state index contributed by atoms with van der Waals surface area (Å²) in [7, 11) is 1.79. The molecule has 3 rings (SSSR count). The third-order valence-corrected chi connectivity index (χ3v) is 4.04. The van der Waals surface area contributed by atoms with Crippen molar-refractivity contribution in [3.05, 3.63) is 41.5 Å². The van der Waals surface area contributed by atoms with Crippen molar-refractivity contribution in [3.63, 3.8) is 0 Å². The highest BCUT2D eigenvalue weighted by molar-refractivity contribution is 5.33. The monoisotopic (exact) mass is 341 g/mol. The van der Waals surface area contributed by atoms with Crippen LogP contribution in [-0.2, 0) is 6.54 Å². The minimum absolute atomic E-state index is 0.201. The number of nitrogens with zero attached hydrogens (tertiary/aromatic N) is 3. The predicted molar refractivity (Wildman–Crippen MR) is 79.3 cm³/mol. The normalized spacial score (nSPS) is 16.4. The van der Waals surface area contributed by atoms with Crippen LogP contribution in [-0.4, -0.2) is 28.5 Å². The van der Waals surface area contributed by atoms with E-state index in [0.29, 0.717) is 23.2 Å². The number of aromatic nitrogens is 2. The van der Waals surface area contributed by atoms with Gasteiger partial charge in [-0.15, -0.1) is 13.2 Å². The minimum atomic E-state index is -4.72. The van der Waals surface area contributed by atoms with E-state index in [-0.39, 0.29) is 18.3 Å². The summed E-state index contributed by atoms with van der Waals surface area (Å²) in [6.45, 7) is 2.13. The van der Waals surface area contributed by atoms with Crippen LogP contribution in [0.5, 0.6) is 5.75 Å². The topological polar surface area (TPSA) is 51.4 Å². The largest absolute Gasteiger partial charge is 0.573 e. The average Bonchev–Trinajstić information content (AvgIpc) is 3.24. The smallest absolute Gasteiger partial charge is 0.405 e. The highest BCUT2D eigenvalue weighted by Crippen LogP contribution is 2.38. The van der Waals surface area contributed by atoms with Crippen molar-refractivity contribution >= 4 is 0 Å². The molecule has 0 spiro atoms. The van der Waals surface area contributed by atoms with Gasteiger partial charge >= 0.3 is 6.36 Å². The zero-order chi connectivity index (χ0) is 17.3. The van der Waals surface area contributed by atoms with E-state index in [9.17, 15) is 13.2 Å². The summed E-state index contributed by atoms with van der Waals surface area (Å²) in [6.07, 6.45) is -2.57. The van der Waals surface area contributed by atoms with Gasteiger partial charge in [-0.25, -0.2) is 0 Å². The van der Waals surface area contributed by atoms with Crippen molar-refractivity contribution < 1.29 is 22.4 Å². The van der Waals surface area contributed by atoms with Gasteiger partial charge in [0.25, 0.3) is 0 Å². The van der Waals surface area contributed by atoms with E-state index in [2.05, 4.69) is 14.9 Å². The van der Waals surface area contributed by atoms with E-state index >= 15 is 0 Å². The van der Waals surface area contributed by atoms with Crippen LogP contribution in [0.25, 0.3) is 0 Å². The molecular weight excluding hydrogens is 323 g/mol. The van der Waals surface area contributed by atoms with E-state index in [4.69, 9.17) is 4.52 Å². The summed E-state index contributed by atoms with van der Waals surface area (Å²) in [5, 5.41) is 3.97. The Kier molecular flexibility index (Phi) is 4.49. The highest BCUT2D eigenvalue weighted by atomic mass is 19.4. The quantitative estimate of drug-likeness (QED) is 0.794. The third kappa shape index (κ3) is 4.05. The molecule has 0 aliphatic heterocycles. The molecule has 1 heterocycles. The van der Waals surface area contributed by atoms with Crippen LogP contribution in [0.3, 0.4) is 0 Å². The van der Waals surface area contributed by atoms with Gasteiger partial charge in [0.05, 0.1) is 6.04 Å². The van der Waals surface area contributed by atoms with Gasteiger partial charge in [0.1, 0.15) is 5.75 Å². The SMILES string of the molecule is CC(c1nc(C2CC2)no1)N(C)Cc1ccccc1OC(F)(F)F. The van der Waals surface area contributed by atoms with Gasteiger partial charge in [0, 0.05) is 18.0 Å². The highest BCUT2D eigenvalue weighted by Gasteiger charge is 2.33. The second-order valence-corrected chi connectivity index (χ2v) is 6.01. The zero-order valence-corrected chi connectivity index (χ0v) is 13.4. The summed E-state index contributed by atoms with van der Waals surface area (Å²) in [5.41, 5.74) is 0.436. The molecule has 1 atom stereocenters. The molecule has 0 saturated heterocycles. The molecule has 1 unspecified atom stereocenters. The molecule has 1 fully saturated rings. The lowest BCUT2D eigenvalue weighted by atomic mass is 10.1. The third-order valence-electron chi connectivity index (χ3n) is 4.04. The maximum atomic E-state index is 12.5. The molecule has 2 aromatic rings. The van der Waals surface area contributed by atoms with Gasteiger partial charge in [-0.2, -0.15) is 4.98 Å². The van der Waals surface area contributed by atoms with Crippen molar-refractivity contribution in [1.29, 1.82) is 0 Å². The Morgan fingerprint density at radius 1 is 1.33 bits per heavy atom. The maximum absolute atomic E-state index is 12.5. The fraction of sp³-hybridized carbons (Fsp3) is 0.500. The number of halogens is 3. The molecule has 1 aromatic heterocycles. The molecule has 0 bridgehead atoms. The fourth-order valence-electron chi connectivity index (χ4n) is 2.38. The van der Waals surface area contributed by atoms with Crippen LogP contribution in [0.2, 0.25) is 0 Å². The van der Waals surface area contributed by atoms with Gasteiger partial charge in [0.15, 0.2) is 5.82 Å². The molecule has 5 nitrogen and oxygen atoms in total. The number of rotatable bonds is 6. The van der Waals surface area contributed by atoms with Crippen molar-refractivity contribution in [1.82, 2.24) is 15.0 Å². The van der Waals surface area contributed by atoms with Crippen molar-refractivity contribution in [2.75, 3.05) is 7.05 Å². The lowest BCUT2D eigenvalue weighted by Gasteiger charge is -2.23. The Hall–Kier alpha value is -2.09. The summed E-state index contributed by atoms with van der Waals surface area (Å²) >= 11 is 0. The van der Waals surface area contributed by atoms with Crippen LogP contribution in [0.1, 0.15) is 49.0 Å². The first-order valence-corrected chi connectivity index (χ1v) is 7.71. The predicted octanol–water partition coefficient (Wildman–Crippen LogP) is 4.04. The van der Waals surface area contributed by atoms with Gasteiger partial charge in [-0.3, -0.25) is 4.90 Å². The molecule has 0 amide bonds. The lowest BCUT2D eigenvalue weighted by molar-refractivity contribution is -0.275. The molecule has 1 aromatic carbocycles. The van der Waals surface area contributed by atoms with Crippen LogP contribution in [0.4, 0.5) is 13.2 Å². The van der Waals surface area contributed by atoms with Crippen molar-refractivity contribution in [2.45, 2.75) is 44.6 Å². The Morgan fingerprint density at radius 3 is 2.71 bits per heavy atom. The first kappa shape index (κ1) is 16.8. The summed E-state index contributed by atoms with van der Waals surface area (Å²) in [4.78, 5) is 6.22. The first-order chi connectivity index (χ1) is 11.3. The molecule has 1 aliphatic rings. The number of para-hydroxylation sites is 1. The molecule has 130 valence electrons. The lowest BCUT2D eigenvalue weighted by Crippen LogP contribution is -2.24. The Bertz CT molecular complexity index is 698. The van der Waals surface area contributed by atoms with Crippen molar-refractivity contribution in [2.24, 2.45) is 0 Å². The van der Waals surface area contributed by atoms with Gasteiger partial charge in [0.2, 0.25) is 5.89 Å². The van der Waals surface area contributed by atoms with E-state index < -0.39 is 6.36 Å². The standard InChI is InChI=1S/C16H18F3N3O2/c1-10(15-20-14(21-24-15)11-7-8-11)22(2)9-12-5-3-4-6-13(12)23-16(17,18)19/h3-6,10-11H,7-9H2,1-2H3. The van der Waals surface area contributed by atoms with Crippen molar-refractivity contribution in [3.8, 4) is 5.75 Å². The Balaban J connectivity index is 1.70. The van der Waals surface area contributed by atoms with Gasteiger partial charge < -0.3 is 9.26 Å². The van der Waals surface area contributed by atoms with Crippen LogP contribution < -0.4 is 4.74 Å². The Morgan fingerprint density at radius 2 is 2.04 bits per heavy atom. The molecular formula is C16H18F3N3O2. The van der Waals surface area contributed by atoms with E-state index in [1.54, 1.807) is 19.2 Å². The molecule has 8 heteroatoms. The zero-order valence-electron chi connectivity index (χ0n) is 13.4. The summed E-state index contributed by atoms with van der Waals surface area (Å²) in [6, 6.07) is 5.87. The average molecular weight is 341 g/mol. The molecule has 1 aliphatic carbocycles. The first-order valence-electron chi connectivity index (χ1n) is 7.71. The van der Waals surface area contributed by atoms with Crippen LogP contribution in [0, 0.1) is 0 Å². The van der Waals surface area contributed by atoms with E-state index in [0.717, 1.165) is 12.8 Å². The van der Waals surface area contributed by atoms with Gasteiger partial charge in [-0.1, -0.05) is 23.4 Å². The fourth-order valence-corrected chi connectivity index (χ4v) is 2.38. The number of alkyl halides is 3. The molecule has 24 heavy (non-hydrogen) atoms. The van der Waals surface area contributed by atoms with E-state index in [1.807, 2.05) is 11.8 Å². The number of hydrogen-bond acceptors (Lipinski definition) is 5. The molecule has 1 saturated carbocycles. The number of ether oxygens (including phenoxy) is 1. The summed E-state index contributed by atoms with van der Waals surface area (Å²) < 4.78 is 46.9. The minimum Gasteiger partial charge on any atom is -0.405 e. The number of hydrogen-bond donors (Lipinski definition) is 0. The molecule has 0 N–H and O–H groups in total. The van der Waals surface area contributed by atoms with Crippen LogP contribution >= 0.6 is 0 Å². The second kappa shape index (κ2) is 6.43. The van der Waals surface area contributed by atoms with E-state index in [1.165, 1.54) is 12.1 Å². The van der Waals surface area contributed by atoms with Gasteiger partial charge in [-0.05, 0) is 32.9 Å². The van der Waals surface area contributed by atoms with Crippen LogP contribution in [0.15, 0.2) is 28.8 Å². The Labute approximate surface area is 137 Å². The second-order valence-electron chi connectivity index (χ2n) is 6.01. The molecule has 0 radical (unpaired) electrons. The maximum Gasteiger partial charge on any atom is 0.573 e. The number of benzene rings is 1.